The van der Waals surface area contributed by atoms with E-state index in [4.69, 9.17) is 0 Å². The van der Waals surface area contributed by atoms with Crippen molar-refractivity contribution in [2.24, 2.45) is 5.92 Å². The van der Waals surface area contributed by atoms with Gasteiger partial charge in [0.25, 0.3) is 0 Å². The van der Waals surface area contributed by atoms with Crippen LogP contribution in [0.25, 0.3) is 11.1 Å². The van der Waals surface area contributed by atoms with Crippen LogP contribution in [0.3, 0.4) is 0 Å². The van der Waals surface area contributed by atoms with Crippen molar-refractivity contribution in [3.63, 3.8) is 0 Å². The van der Waals surface area contributed by atoms with Gasteiger partial charge in [-0.3, -0.25) is 0 Å². The number of rotatable bonds is 4. The third kappa shape index (κ3) is 7.31. The maximum atomic E-state index is 13.7. The molecule has 0 aromatic heterocycles. The zero-order chi connectivity index (χ0) is 22.3. The molecular weight excluding hydrogens is 557 g/mol. The van der Waals surface area contributed by atoms with Gasteiger partial charge in [0.05, 0.1) is 0 Å². The number of fused-ring (bicyclic) bond motifs is 3. The van der Waals surface area contributed by atoms with Gasteiger partial charge in [0.1, 0.15) is 0 Å². The summed E-state index contributed by atoms with van der Waals surface area (Å²) >= 11 is -2.21. The number of carbonyl (C=O) groups excluding carboxylic acids is 1. The standard InChI is InChI=1S/C13H25NO.C13H9.C2H7Si.2ClH.Zr/c14-13(15)12-10-8-6-4-2-1-3-5-7-9-11-12;1-3-7-12-10(5-1)9-11-6-2-4-8-13(11)12;1-3-2;;;/h12H,1-11H2,(H2,14,15);1-9H;3H,1-2H3;2*1H;/q;;;;;+3/p-3. The van der Waals surface area contributed by atoms with Crippen LogP contribution in [0.1, 0.15) is 85.4 Å². The Hall–Kier alpha value is -0.410. The van der Waals surface area contributed by atoms with Crippen molar-refractivity contribution < 1.29 is 50.8 Å². The first-order valence-electron chi connectivity index (χ1n) is 13.0. The molecule has 2 aliphatic rings. The molecule has 185 valence electrons. The third-order valence-electron chi connectivity index (χ3n) is 7.51. The number of amides is 1. The summed E-state index contributed by atoms with van der Waals surface area (Å²) < 4.78 is 4.33. The van der Waals surface area contributed by atoms with E-state index in [1.54, 1.807) is 0 Å². The molecule has 0 unspecified atom stereocenters. The Morgan fingerprint density at radius 3 is 1.59 bits per heavy atom. The second-order valence-corrected chi connectivity index (χ2v) is 28.9. The first kappa shape index (κ1) is 29.8. The molecule has 1 amide bonds. The third-order valence-corrected chi connectivity index (χ3v) is 25.1. The van der Waals surface area contributed by atoms with Crippen LogP contribution in [0.15, 0.2) is 48.5 Å². The molecule has 0 spiro atoms. The van der Waals surface area contributed by atoms with Crippen molar-refractivity contribution in [3.05, 3.63) is 59.7 Å². The fourth-order valence-corrected chi connectivity index (χ4v) is 21.1. The van der Waals surface area contributed by atoms with Gasteiger partial charge >= 0.3 is 205 Å². The van der Waals surface area contributed by atoms with Gasteiger partial charge in [-0.1, -0.05) is 0 Å². The van der Waals surface area contributed by atoms with Crippen LogP contribution in [-0.4, -0.2) is 11.8 Å². The van der Waals surface area contributed by atoms with Crippen LogP contribution >= 0.6 is 0 Å². The number of benzene rings is 2. The van der Waals surface area contributed by atoms with E-state index >= 15 is 0 Å². The molecule has 0 aliphatic heterocycles. The molecule has 0 heterocycles. The van der Waals surface area contributed by atoms with Gasteiger partial charge < -0.3 is 24.8 Å². The van der Waals surface area contributed by atoms with Crippen LogP contribution in [0.2, 0.25) is 13.1 Å². The Labute approximate surface area is 228 Å². The summed E-state index contributed by atoms with van der Waals surface area (Å²) in [6.07, 6.45) is 14.1. The maximum Gasteiger partial charge on any atom is -1.00 e. The Balaban J connectivity index is 0.00000204. The predicted molar refractivity (Wildman–Crippen MR) is 135 cm³/mol. The monoisotopic (exact) mass is 594 g/mol. The van der Waals surface area contributed by atoms with Gasteiger partial charge in [-0.15, -0.1) is 0 Å². The molecule has 0 saturated heterocycles. The summed E-state index contributed by atoms with van der Waals surface area (Å²) in [4.78, 5) is 13.7. The number of hydrogen-bond acceptors (Lipinski definition) is 1. The van der Waals surface area contributed by atoms with E-state index in [-0.39, 0.29) is 30.7 Å². The van der Waals surface area contributed by atoms with E-state index in [1.807, 2.05) is 0 Å². The summed E-state index contributed by atoms with van der Waals surface area (Å²) in [6, 6.07) is 17.9. The number of hydrogen-bond donors (Lipinski definition) is 1. The second kappa shape index (κ2) is 15.0. The van der Waals surface area contributed by atoms with E-state index < -0.39 is 27.1 Å². The topological polar surface area (TPSA) is 29.1 Å². The minimum Gasteiger partial charge on any atom is -1.00 e. The Kier molecular flexibility index (Phi) is 13.1. The molecule has 4 rings (SSSR count). The summed E-state index contributed by atoms with van der Waals surface area (Å²) in [5.74, 6) is -0.295. The molecular formula is C28H40Cl2NOSiZr. The van der Waals surface area contributed by atoms with Gasteiger partial charge in [0, 0.05) is 0 Å². The smallest absolute Gasteiger partial charge is 1.00 e. The summed E-state index contributed by atoms with van der Waals surface area (Å²) in [5, 5.41) is 0. The van der Waals surface area contributed by atoms with Gasteiger partial charge in [0.2, 0.25) is 0 Å². The molecule has 2 nitrogen and oxygen atoms in total. The largest absolute Gasteiger partial charge is 1.00 e. The van der Waals surface area contributed by atoms with Crippen LogP contribution in [0.5, 0.6) is 0 Å². The van der Waals surface area contributed by atoms with E-state index in [9.17, 15) is 4.79 Å². The van der Waals surface area contributed by atoms with E-state index in [0.717, 1.165) is 12.8 Å². The Morgan fingerprint density at radius 2 is 1.15 bits per heavy atom. The van der Waals surface area contributed by atoms with Gasteiger partial charge in [-0.05, 0) is 0 Å². The number of nitrogens with one attached hydrogen (secondary N) is 1. The van der Waals surface area contributed by atoms with Crippen LogP contribution in [-0.2, 0) is 26.0 Å². The van der Waals surface area contributed by atoms with Crippen molar-refractivity contribution in [3.8, 4) is 11.1 Å². The first-order chi connectivity index (χ1) is 15.7. The fraction of sp³-hybridized carbons (Fsp3) is 0.536. The molecule has 0 radical (unpaired) electrons. The zero-order valence-corrected chi connectivity index (χ0v) is 25.9. The van der Waals surface area contributed by atoms with Crippen LogP contribution in [0, 0.1) is 5.92 Å². The van der Waals surface area contributed by atoms with Crippen LogP contribution < -0.4 is 28.1 Å². The molecule has 1 fully saturated rings. The molecule has 6 heteroatoms. The summed E-state index contributed by atoms with van der Waals surface area (Å²) in [5.41, 5.74) is 5.79. The Morgan fingerprint density at radius 1 is 0.735 bits per heavy atom. The fourth-order valence-electron chi connectivity index (χ4n) is 5.71. The molecule has 2 aliphatic carbocycles. The van der Waals surface area contributed by atoms with Crippen molar-refractivity contribution in [1.82, 2.24) is 3.26 Å². The minimum atomic E-state index is -2.21. The van der Waals surface area contributed by atoms with Crippen molar-refractivity contribution in [1.29, 1.82) is 0 Å². The van der Waals surface area contributed by atoms with E-state index in [2.05, 4.69) is 64.9 Å². The average molecular weight is 597 g/mol. The quantitative estimate of drug-likeness (QED) is 0.531. The first-order valence-corrected chi connectivity index (χ1v) is 22.8. The molecule has 34 heavy (non-hydrogen) atoms. The van der Waals surface area contributed by atoms with E-state index in [1.165, 1.54) is 80.0 Å². The average Bonchev–Trinajstić information content (AvgIpc) is 3.12. The second-order valence-electron chi connectivity index (χ2n) is 10.2. The van der Waals surface area contributed by atoms with E-state index in [0.29, 0.717) is 9.53 Å². The SMILES string of the molecule is C[SiH](C)[Zr+2]([NH]C(=O)C1CCCCCCCCCCC1)[CH]1c2ccccc2-c2ccccc21.[Cl-].[Cl-]. The number of carbonyl (C=O) groups is 1. The molecule has 0 atom stereocenters. The van der Waals surface area contributed by atoms with Gasteiger partial charge in [-0.25, -0.2) is 0 Å². The summed E-state index contributed by atoms with van der Waals surface area (Å²) in [6.45, 7) is 4.97. The minimum absolute atomic E-state index is 0. The zero-order valence-electron chi connectivity index (χ0n) is 20.8. The molecule has 2 aromatic carbocycles. The van der Waals surface area contributed by atoms with Gasteiger partial charge in [0.15, 0.2) is 0 Å². The maximum absolute atomic E-state index is 13.7. The molecule has 1 saturated carbocycles. The molecule has 0 bridgehead atoms. The Bertz CT molecular complexity index is 852. The van der Waals surface area contributed by atoms with Crippen molar-refractivity contribution >= 4 is 11.8 Å². The molecule has 2 aromatic rings. The van der Waals surface area contributed by atoms with Crippen LogP contribution in [0.4, 0.5) is 0 Å². The normalized spacial score (nSPS) is 17.3. The summed E-state index contributed by atoms with van der Waals surface area (Å²) in [7, 11) is 0. The van der Waals surface area contributed by atoms with Crippen molar-refractivity contribution in [2.75, 3.05) is 0 Å². The predicted octanol–water partition coefficient (Wildman–Crippen LogP) is 1.32. The molecule has 1 N–H and O–H groups in total. The van der Waals surface area contributed by atoms with Crippen molar-refractivity contribution in [2.45, 2.75) is 87.3 Å². The van der Waals surface area contributed by atoms with Gasteiger partial charge in [-0.2, -0.15) is 0 Å². The number of halogens is 2.